The molecule has 0 radical (unpaired) electrons. The molecule has 0 N–H and O–H groups in total. The van der Waals surface area contributed by atoms with Gasteiger partial charge in [0, 0.05) is 18.4 Å². The van der Waals surface area contributed by atoms with E-state index in [0.29, 0.717) is 6.54 Å². The number of hydrogen-bond donors (Lipinski definition) is 0. The van der Waals surface area contributed by atoms with Crippen LogP contribution in [-0.4, -0.2) is 31.6 Å². The van der Waals surface area contributed by atoms with Gasteiger partial charge in [-0.25, -0.2) is 13.4 Å². The number of para-hydroxylation sites is 1. The maximum absolute atomic E-state index is 12.5. The Morgan fingerprint density at radius 3 is 2.68 bits per heavy atom. The molecule has 6 heteroatoms. The van der Waals surface area contributed by atoms with Gasteiger partial charge >= 0.3 is 0 Å². The zero-order chi connectivity index (χ0) is 15.6. The minimum Gasteiger partial charge on any atom is -0.311 e. The summed E-state index contributed by atoms with van der Waals surface area (Å²) < 4.78 is 24.6. The lowest BCUT2D eigenvalue weighted by Crippen LogP contribution is -2.39. The number of anilines is 1. The van der Waals surface area contributed by atoms with Gasteiger partial charge in [-0.3, -0.25) is 4.79 Å². The van der Waals surface area contributed by atoms with Crippen LogP contribution in [0.15, 0.2) is 53.7 Å². The van der Waals surface area contributed by atoms with E-state index in [4.69, 9.17) is 0 Å². The van der Waals surface area contributed by atoms with Gasteiger partial charge in [-0.05, 0) is 36.6 Å². The summed E-state index contributed by atoms with van der Waals surface area (Å²) in [7, 11) is -3.71. The van der Waals surface area contributed by atoms with Crippen molar-refractivity contribution in [2.45, 2.75) is 17.9 Å². The van der Waals surface area contributed by atoms with E-state index >= 15 is 0 Å². The molecule has 1 aliphatic heterocycles. The molecule has 0 unspecified atom stereocenters. The highest BCUT2D eigenvalue weighted by atomic mass is 32.2. The molecule has 1 amide bonds. The molecule has 1 aromatic heterocycles. The lowest BCUT2D eigenvalue weighted by Gasteiger charge is -2.29. The third-order valence-electron chi connectivity index (χ3n) is 3.68. The molecule has 0 atom stereocenters. The third kappa shape index (κ3) is 2.87. The van der Waals surface area contributed by atoms with Crippen LogP contribution in [0.1, 0.15) is 12.0 Å². The molecule has 114 valence electrons. The largest absolute Gasteiger partial charge is 0.311 e. The molecule has 0 bridgehead atoms. The Labute approximate surface area is 129 Å². The normalized spacial score (nSPS) is 14.5. The number of amides is 1. The maximum atomic E-state index is 12.5. The molecule has 0 saturated carbocycles. The lowest BCUT2D eigenvalue weighted by molar-refractivity contribution is -0.116. The van der Waals surface area contributed by atoms with Gasteiger partial charge in [-0.2, -0.15) is 0 Å². The summed E-state index contributed by atoms with van der Waals surface area (Å²) in [6, 6.07) is 12.3. The van der Waals surface area contributed by atoms with Crippen molar-refractivity contribution in [3.63, 3.8) is 0 Å². The fourth-order valence-corrected chi connectivity index (χ4v) is 3.77. The lowest BCUT2D eigenvalue weighted by atomic mass is 10.0. The summed E-state index contributed by atoms with van der Waals surface area (Å²) in [5.74, 6) is -0.962. The fourth-order valence-electron chi connectivity index (χ4n) is 2.64. The SMILES string of the molecule is O=C(CS(=O)(=O)c1ccccn1)N1CCCc2ccccc21. The molecule has 0 aliphatic carbocycles. The number of hydrogen-bond acceptors (Lipinski definition) is 4. The Bertz CT molecular complexity index is 788. The first-order valence-electron chi connectivity index (χ1n) is 7.10. The number of rotatable bonds is 3. The molecular formula is C16H16N2O3S. The number of aryl methyl sites for hydroxylation is 1. The van der Waals surface area contributed by atoms with Crippen molar-refractivity contribution in [2.75, 3.05) is 17.2 Å². The van der Waals surface area contributed by atoms with Crippen LogP contribution in [0.4, 0.5) is 5.69 Å². The topological polar surface area (TPSA) is 67.3 Å². The highest BCUT2D eigenvalue weighted by Gasteiger charge is 2.27. The van der Waals surface area contributed by atoms with E-state index in [0.717, 1.165) is 24.1 Å². The van der Waals surface area contributed by atoms with Gasteiger partial charge in [0.15, 0.2) is 5.03 Å². The van der Waals surface area contributed by atoms with Gasteiger partial charge in [-0.15, -0.1) is 0 Å². The van der Waals surface area contributed by atoms with Crippen molar-refractivity contribution in [2.24, 2.45) is 0 Å². The van der Waals surface area contributed by atoms with Crippen molar-refractivity contribution >= 4 is 21.4 Å². The molecule has 2 heterocycles. The summed E-state index contributed by atoms with van der Waals surface area (Å²) in [5.41, 5.74) is 1.90. The second-order valence-corrected chi connectivity index (χ2v) is 7.14. The molecule has 3 rings (SSSR count). The Hall–Kier alpha value is -2.21. The zero-order valence-electron chi connectivity index (χ0n) is 12.0. The third-order valence-corrected chi connectivity index (χ3v) is 5.19. The summed E-state index contributed by atoms with van der Waals surface area (Å²) >= 11 is 0. The van der Waals surface area contributed by atoms with Gasteiger partial charge in [0.1, 0.15) is 5.75 Å². The maximum Gasteiger partial charge on any atom is 0.242 e. The molecule has 0 fully saturated rings. The van der Waals surface area contributed by atoms with E-state index in [1.807, 2.05) is 24.3 Å². The fraction of sp³-hybridized carbons (Fsp3) is 0.250. The van der Waals surface area contributed by atoms with Crippen LogP contribution in [0, 0.1) is 0 Å². The quantitative estimate of drug-likeness (QED) is 0.866. The minimum atomic E-state index is -3.71. The Balaban J connectivity index is 1.84. The van der Waals surface area contributed by atoms with Gasteiger partial charge < -0.3 is 4.90 Å². The van der Waals surface area contributed by atoms with Crippen molar-refractivity contribution in [1.82, 2.24) is 4.98 Å². The van der Waals surface area contributed by atoms with E-state index in [-0.39, 0.29) is 5.03 Å². The van der Waals surface area contributed by atoms with E-state index in [1.165, 1.54) is 12.3 Å². The number of nitrogens with zero attached hydrogens (tertiary/aromatic N) is 2. The van der Waals surface area contributed by atoms with Crippen LogP contribution in [-0.2, 0) is 21.1 Å². The van der Waals surface area contributed by atoms with Crippen molar-refractivity contribution in [3.8, 4) is 0 Å². The first-order valence-corrected chi connectivity index (χ1v) is 8.75. The Morgan fingerprint density at radius 1 is 1.14 bits per heavy atom. The van der Waals surface area contributed by atoms with Gasteiger partial charge in [-0.1, -0.05) is 24.3 Å². The molecule has 1 aliphatic rings. The number of benzene rings is 1. The minimum absolute atomic E-state index is 0.0614. The molecular weight excluding hydrogens is 300 g/mol. The van der Waals surface area contributed by atoms with E-state index in [1.54, 1.807) is 17.0 Å². The van der Waals surface area contributed by atoms with Crippen molar-refractivity contribution in [1.29, 1.82) is 0 Å². The highest BCUT2D eigenvalue weighted by molar-refractivity contribution is 7.92. The van der Waals surface area contributed by atoms with Crippen LogP contribution < -0.4 is 4.90 Å². The van der Waals surface area contributed by atoms with Crippen LogP contribution in [0.2, 0.25) is 0 Å². The summed E-state index contributed by atoms with van der Waals surface area (Å²) in [4.78, 5) is 17.9. The summed E-state index contributed by atoms with van der Waals surface area (Å²) in [6.45, 7) is 0.549. The second-order valence-electron chi connectivity index (χ2n) is 5.20. The van der Waals surface area contributed by atoms with Crippen molar-refractivity contribution in [3.05, 3.63) is 54.2 Å². The first kappa shape index (κ1) is 14.7. The number of fused-ring (bicyclic) bond motifs is 1. The second kappa shape index (κ2) is 5.88. The monoisotopic (exact) mass is 316 g/mol. The van der Waals surface area contributed by atoms with Gasteiger partial charge in [0.2, 0.25) is 15.7 Å². The van der Waals surface area contributed by atoms with E-state index in [2.05, 4.69) is 4.98 Å². The smallest absolute Gasteiger partial charge is 0.242 e. The number of carbonyl (C=O) groups excluding carboxylic acids is 1. The van der Waals surface area contributed by atoms with Crippen molar-refractivity contribution < 1.29 is 13.2 Å². The number of pyridine rings is 1. The van der Waals surface area contributed by atoms with E-state index < -0.39 is 21.5 Å². The standard InChI is InChI=1S/C16H16N2O3S/c19-16(12-22(20,21)15-9-3-4-10-17-15)18-11-5-7-13-6-1-2-8-14(13)18/h1-4,6,8-10H,5,7,11-12H2. The van der Waals surface area contributed by atoms with Crippen LogP contribution in [0.5, 0.6) is 0 Å². The molecule has 1 aromatic carbocycles. The Kier molecular flexibility index (Phi) is 3.94. The predicted octanol–water partition coefficient (Wildman–Crippen LogP) is 1.83. The zero-order valence-corrected chi connectivity index (χ0v) is 12.8. The average molecular weight is 316 g/mol. The molecule has 5 nitrogen and oxygen atoms in total. The molecule has 0 saturated heterocycles. The molecule has 22 heavy (non-hydrogen) atoms. The van der Waals surface area contributed by atoms with E-state index in [9.17, 15) is 13.2 Å². The average Bonchev–Trinajstić information content (AvgIpc) is 2.54. The summed E-state index contributed by atoms with van der Waals surface area (Å²) in [6.07, 6.45) is 3.16. The van der Waals surface area contributed by atoms with Crippen LogP contribution in [0.25, 0.3) is 0 Å². The molecule has 0 spiro atoms. The Morgan fingerprint density at radius 2 is 1.91 bits per heavy atom. The van der Waals surface area contributed by atoms with Gasteiger partial charge in [0.05, 0.1) is 0 Å². The number of sulfone groups is 1. The molecule has 2 aromatic rings. The first-order chi connectivity index (χ1) is 10.6. The highest BCUT2D eigenvalue weighted by Crippen LogP contribution is 2.27. The van der Waals surface area contributed by atoms with Crippen LogP contribution >= 0.6 is 0 Å². The summed E-state index contributed by atoms with van der Waals surface area (Å²) in [5, 5.41) is -0.0614. The van der Waals surface area contributed by atoms with Crippen LogP contribution in [0.3, 0.4) is 0 Å². The van der Waals surface area contributed by atoms with Gasteiger partial charge in [0.25, 0.3) is 0 Å². The number of carbonyl (C=O) groups is 1. The predicted molar refractivity (Wildman–Crippen MR) is 83.4 cm³/mol. The number of aromatic nitrogens is 1.